The second-order valence-electron chi connectivity index (χ2n) is 9.94. The van der Waals surface area contributed by atoms with Crippen molar-refractivity contribution >= 4 is 46.0 Å². The molecule has 180 valence electrons. The van der Waals surface area contributed by atoms with E-state index in [1.807, 2.05) is 0 Å². The molecule has 0 amide bonds. The minimum atomic E-state index is 0.178. The molecule has 6 rings (SSSR count). The van der Waals surface area contributed by atoms with Crippen LogP contribution in [0.4, 0.5) is 0 Å². The van der Waals surface area contributed by atoms with Gasteiger partial charge in [-0.2, -0.15) is 0 Å². The fraction of sp³-hybridized carbons (Fsp3) is 0.0270. The van der Waals surface area contributed by atoms with Crippen LogP contribution in [0.1, 0.15) is 16.7 Å². The maximum absolute atomic E-state index is 2.29. The Labute approximate surface area is 226 Å². The first-order chi connectivity index (χ1) is 18.7. The molecule has 0 atom stereocenters. The van der Waals surface area contributed by atoms with Crippen LogP contribution in [0.15, 0.2) is 146 Å². The van der Waals surface area contributed by atoms with Crippen molar-refractivity contribution in [2.24, 2.45) is 0 Å². The van der Waals surface area contributed by atoms with Crippen molar-refractivity contribution in [1.82, 2.24) is 0 Å². The van der Waals surface area contributed by atoms with Crippen LogP contribution in [-0.2, 0) is 0 Å². The van der Waals surface area contributed by atoms with E-state index < -0.39 is 0 Å². The molecular weight excluding hydrogens is 455 g/mol. The van der Waals surface area contributed by atoms with Gasteiger partial charge in [0.15, 0.2) is 0 Å². The summed E-state index contributed by atoms with van der Waals surface area (Å²) in [5, 5.41) is 2.54. The molecule has 0 bridgehead atoms. The number of benzene rings is 6. The van der Waals surface area contributed by atoms with Gasteiger partial charge >= 0.3 is 0 Å². The van der Waals surface area contributed by atoms with Gasteiger partial charge in [-0.05, 0) is 46.0 Å². The normalized spacial score (nSPS) is 11.2. The second kappa shape index (κ2) is 10.8. The third-order valence-electron chi connectivity index (χ3n) is 7.28. The highest BCUT2D eigenvalue weighted by Gasteiger charge is 2.21. The van der Waals surface area contributed by atoms with Crippen LogP contribution in [0, 0.1) is 6.92 Å². The molecule has 0 fully saturated rings. The molecule has 0 heterocycles. The first-order valence-electron chi connectivity index (χ1n) is 13.2. The van der Waals surface area contributed by atoms with Crippen LogP contribution in [0.25, 0.3) is 34.1 Å². The minimum Gasteiger partial charge on any atom is -0.0687 e. The Hall–Kier alpha value is -4.62. The van der Waals surface area contributed by atoms with Gasteiger partial charge in [0.05, 0.1) is 0 Å². The smallest absolute Gasteiger partial charge is 0.0687 e. The van der Waals surface area contributed by atoms with Crippen molar-refractivity contribution in [2.75, 3.05) is 0 Å². The Bertz CT molecular complexity index is 1680. The van der Waals surface area contributed by atoms with E-state index in [1.54, 1.807) is 0 Å². The van der Waals surface area contributed by atoms with Crippen molar-refractivity contribution < 1.29 is 0 Å². The third-order valence-corrected chi connectivity index (χ3v) is 7.28. The van der Waals surface area contributed by atoms with E-state index in [4.69, 9.17) is 0 Å². The van der Waals surface area contributed by atoms with Crippen LogP contribution in [0.3, 0.4) is 0 Å². The minimum absolute atomic E-state index is 0.178. The lowest BCUT2D eigenvalue weighted by Crippen LogP contribution is -2.51. The lowest BCUT2D eigenvalue weighted by molar-refractivity contribution is 1.46. The Balaban J connectivity index is 1.30. The third kappa shape index (κ3) is 5.24. The molecule has 0 nitrogen and oxygen atoms in total. The van der Waals surface area contributed by atoms with E-state index in [-0.39, 0.29) is 6.71 Å². The largest absolute Gasteiger partial charge is 0.241 e. The highest BCUT2D eigenvalue weighted by molar-refractivity contribution is 6.95. The maximum Gasteiger partial charge on any atom is 0.241 e. The summed E-state index contributed by atoms with van der Waals surface area (Å²) < 4.78 is 0. The molecule has 0 radical (unpaired) electrons. The molecule has 0 unspecified atom stereocenters. The maximum atomic E-state index is 2.29. The lowest BCUT2D eigenvalue weighted by atomic mass is 9.37. The molecule has 6 aromatic rings. The Morgan fingerprint density at radius 3 is 1.58 bits per heavy atom. The SMILES string of the molecule is Cc1ccc(/C=C/c2ccc(B(c3ccccc3)c3ccc(-c4ccc5ccccc5c4)cc3)cc2)cc1. The first-order valence-corrected chi connectivity index (χ1v) is 13.2. The van der Waals surface area contributed by atoms with Gasteiger partial charge in [-0.25, -0.2) is 0 Å². The van der Waals surface area contributed by atoms with Gasteiger partial charge < -0.3 is 0 Å². The Kier molecular flexibility index (Phi) is 6.74. The molecule has 1 heteroatoms. The molecule has 38 heavy (non-hydrogen) atoms. The Morgan fingerprint density at radius 2 is 0.921 bits per heavy atom. The van der Waals surface area contributed by atoms with E-state index >= 15 is 0 Å². The molecule has 0 aromatic heterocycles. The summed E-state index contributed by atoms with van der Waals surface area (Å²) in [6.45, 7) is 2.30. The molecule has 6 aromatic carbocycles. The molecule has 0 saturated heterocycles. The highest BCUT2D eigenvalue weighted by atomic mass is 14.1. The number of aryl methyl sites for hydroxylation is 1. The van der Waals surface area contributed by atoms with Gasteiger partial charge in [0, 0.05) is 0 Å². The summed E-state index contributed by atoms with van der Waals surface area (Å²) in [6, 6.07) is 52.7. The van der Waals surface area contributed by atoms with Crippen LogP contribution >= 0.6 is 0 Å². The van der Waals surface area contributed by atoms with Gasteiger partial charge in [0.25, 0.3) is 0 Å². The fourth-order valence-electron chi connectivity index (χ4n) is 5.13. The number of hydrogen-bond acceptors (Lipinski definition) is 0. The van der Waals surface area contributed by atoms with Gasteiger partial charge in [0.2, 0.25) is 6.71 Å². The standard InChI is InChI=1S/C37H29B/c1-28-11-13-29(14-12-28)15-16-30-17-23-36(24-18-30)38(35-9-3-2-4-10-35)37-25-21-32(22-26-37)34-20-19-31-7-5-6-8-33(31)27-34/h2-27H,1H3/b16-15+. The average molecular weight is 484 g/mol. The number of rotatable bonds is 6. The zero-order valence-corrected chi connectivity index (χ0v) is 21.6. The molecule has 0 aliphatic rings. The van der Waals surface area contributed by atoms with Crippen molar-refractivity contribution in [1.29, 1.82) is 0 Å². The van der Waals surface area contributed by atoms with Crippen LogP contribution in [-0.4, -0.2) is 6.71 Å². The molecule has 0 spiro atoms. The summed E-state index contributed by atoms with van der Waals surface area (Å²) in [5.41, 5.74) is 10.1. The summed E-state index contributed by atoms with van der Waals surface area (Å²) in [4.78, 5) is 0. The highest BCUT2D eigenvalue weighted by Crippen LogP contribution is 2.24. The van der Waals surface area contributed by atoms with Crippen LogP contribution in [0.5, 0.6) is 0 Å². The second-order valence-corrected chi connectivity index (χ2v) is 9.94. The van der Waals surface area contributed by atoms with Gasteiger partial charge in [-0.3, -0.25) is 0 Å². The molecule has 0 aliphatic carbocycles. The predicted molar refractivity (Wildman–Crippen MR) is 167 cm³/mol. The van der Waals surface area contributed by atoms with Gasteiger partial charge in [-0.1, -0.05) is 174 Å². The van der Waals surface area contributed by atoms with E-state index in [0.717, 1.165) is 0 Å². The van der Waals surface area contributed by atoms with E-state index in [0.29, 0.717) is 0 Å². The van der Waals surface area contributed by atoms with Crippen LogP contribution in [0.2, 0.25) is 0 Å². The molecule has 0 aliphatic heterocycles. The summed E-state index contributed by atoms with van der Waals surface area (Å²) in [6.07, 6.45) is 4.36. The lowest BCUT2D eigenvalue weighted by Gasteiger charge is -2.16. The van der Waals surface area contributed by atoms with E-state index in [2.05, 4.69) is 165 Å². The van der Waals surface area contributed by atoms with Gasteiger partial charge in [0.1, 0.15) is 0 Å². The molecular formula is C37H29B. The van der Waals surface area contributed by atoms with Crippen molar-refractivity contribution in [3.8, 4) is 11.1 Å². The summed E-state index contributed by atoms with van der Waals surface area (Å²) >= 11 is 0. The fourth-order valence-corrected chi connectivity index (χ4v) is 5.13. The van der Waals surface area contributed by atoms with Crippen molar-refractivity contribution in [2.45, 2.75) is 6.92 Å². The van der Waals surface area contributed by atoms with E-state index in [1.165, 1.54) is 55.0 Å². The summed E-state index contributed by atoms with van der Waals surface area (Å²) in [5.74, 6) is 0. The topological polar surface area (TPSA) is 0 Å². The zero-order valence-electron chi connectivity index (χ0n) is 21.6. The summed E-state index contributed by atoms with van der Waals surface area (Å²) in [7, 11) is 0. The predicted octanol–water partition coefficient (Wildman–Crippen LogP) is 7.50. The number of hydrogen-bond donors (Lipinski definition) is 0. The number of fused-ring (bicyclic) bond motifs is 1. The monoisotopic (exact) mass is 484 g/mol. The zero-order chi connectivity index (χ0) is 25.7. The van der Waals surface area contributed by atoms with Crippen molar-refractivity contribution in [3.63, 3.8) is 0 Å². The van der Waals surface area contributed by atoms with Crippen molar-refractivity contribution in [3.05, 3.63) is 162 Å². The first kappa shape index (κ1) is 23.8. The molecule has 0 saturated carbocycles. The molecule has 0 N–H and O–H groups in total. The van der Waals surface area contributed by atoms with Crippen LogP contribution < -0.4 is 16.4 Å². The van der Waals surface area contributed by atoms with Gasteiger partial charge in [-0.15, -0.1) is 0 Å². The quantitative estimate of drug-likeness (QED) is 0.170. The van der Waals surface area contributed by atoms with E-state index in [9.17, 15) is 0 Å². The average Bonchev–Trinajstić information content (AvgIpc) is 2.98. The Morgan fingerprint density at radius 1 is 0.421 bits per heavy atom.